The first-order chi connectivity index (χ1) is 6.24. The van der Waals surface area contributed by atoms with E-state index in [1.807, 2.05) is 0 Å². The first-order valence-corrected chi connectivity index (χ1v) is 3.68. The van der Waals surface area contributed by atoms with Gasteiger partial charge in [-0.05, 0) is 0 Å². The third-order valence-corrected chi connectivity index (χ3v) is 1.38. The Bertz CT molecular complexity index is 251. The van der Waals surface area contributed by atoms with Crippen molar-refractivity contribution in [3.05, 3.63) is 18.3 Å². The number of rotatable bonds is 4. The monoisotopic (exact) mass is 183 g/mol. The van der Waals surface area contributed by atoms with Crippen LogP contribution in [0.1, 0.15) is 0 Å². The van der Waals surface area contributed by atoms with E-state index in [0.717, 1.165) is 0 Å². The summed E-state index contributed by atoms with van der Waals surface area (Å²) < 4.78 is 9.66. The number of hydrogen-bond acceptors (Lipinski definition) is 5. The normalized spacial score (nSPS) is 9.77. The molecule has 0 unspecified atom stereocenters. The second-order valence-electron chi connectivity index (χ2n) is 2.35. The van der Waals surface area contributed by atoms with Crippen LogP contribution in [0.2, 0.25) is 0 Å². The van der Waals surface area contributed by atoms with E-state index in [-0.39, 0.29) is 6.79 Å². The highest BCUT2D eigenvalue weighted by Gasteiger charge is 2.10. The molecule has 0 spiro atoms. The molecule has 70 valence electrons. The average Bonchev–Trinajstić information content (AvgIpc) is 2.15. The maximum Gasteiger partial charge on any atom is 0.490 e. The minimum absolute atomic E-state index is 0.119. The number of methoxy groups -OCH3 is 1. The summed E-state index contributed by atoms with van der Waals surface area (Å²) >= 11 is 0. The number of aromatic nitrogens is 1. The fourth-order valence-corrected chi connectivity index (χ4v) is 0.749. The van der Waals surface area contributed by atoms with Gasteiger partial charge in [-0.25, -0.2) is 4.98 Å². The highest BCUT2D eigenvalue weighted by atomic mass is 16.7. The van der Waals surface area contributed by atoms with Gasteiger partial charge >= 0.3 is 7.12 Å². The van der Waals surface area contributed by atoms with Gasteiger partial charge in [0.1, 0.15) is 0 Å². The van der Waals surface area contributed by atoms with Crippen molar-refractivity contribution in [3.63, 3.8) is 0 Å². The van der Waals surface area contributed by atoms with E-state index in [0.29, 0.717) is 11.3 Å². The summed E-state index contributed by atoms with van der Waals surface area (Å²) in [5.41, 5.74) is 0.324. The Hall–Kier alpha value is -1.11. The van der Waals surface area contributed by atoms with Crippen molar-refractivity contribution in [2.45, 2.75) is 0 Å². The smallest absolute Gasteiger partial charge is 0.451 e. The van der Waals surface area contributed by atoms with Gasteiger partial charge in [0.05, 0.1) is 0 Å². The molecule has 2 N–H and O–H groups in total. The van der Waals surface area contributed by atoms with Crippen molar-refractivity contribution in [3.8, 4) is 5.88 Å². The molecule has 0 bridgehead atoms. The Morgan fingerprint density at radius 3 is 2.69 bits per heavy atom. The minimum atomic E-state index is -1.50. The Labute approximate surface area is 76.1 Å². The van der Waals surface area contributed by atoms with Crippen LogP contribution in [0.3, 0.4) is 0 Å². The molecule has 0 aliphatic heterocycles. The van der Waals surface area contributed by atoms with E-state index in [1.54, 1.807) is 0 Å². The van der Waals surface area contributed by atoms with Crippen LogP contribution in [0.5, 0.6) is 5.88 Å². The van der Waals surface area contributed by atoms with Crippen LogP contribution >= 0.6 is 0 Å². The molecule has 0 saturated carbocycles. The van der Waals surface area contributed by atoms with Crippen molar-refractivity contribution < 1.29 is 19.5 Å². The Balaban J connectivity index is 2.59. The van der Waals surface area contributed by atoms with Gasteiger partial charge in [0.25, 0.3) is 0 Å². The number of nitrogens with zero attached hydrogens (tertiary/aromatic N) is 1. The van der Waals surface area contributed by atoms with E-state index in [1.165, 1.54) is 25.4 Å². The van der Waals surface area contributed by atoms with Gasteiger partial charge in [0.15, 0.2) is 6.79 Å². The fraction of sp³-hybridized carbons (Fsp3) is 0.286. The summed E-state index contributed by atoms with van der Waals surface area (Å²) in [6.45, 7) is 0.119. The van der Waals surface area contributed by atoms with Crippen molar-refractivity contribution in [1.82, 2.24) is 4.98 Å². The molecular weight excluding hydrogens is 173 g/mol. The third-order valence-electron chi connectivity index (χ3n) is 1.38. The molecule has 0 aliphatic rings. The predicted molar refractivity (Wildman–Crippen MR) is 46.6 cm³/mol. The SMILES string of the molecule is COCOc1ccc(B(O)O)cn1. The van der Waals surface area contributed by atoms with Crippen LogP contribution in [0.15, 0.2) is 18.3 Å². The Morgan fingerprint density at radius 2 is 2.23 bits per heavy atom. The van der Waals surface area contributed by atoms with Gasteiger partial charge in [-0.2, -0.15) is 0 Å². The molecule has 1 aromatic rings. The first kappa shape index (κ1) is 9.98. The van der Waals surface area contributed by atoms with Crippen LogP contribution in [0.4, 0.5) is 0 Å². The van der Waals surface area contributed by atoms with Crippen molar-refractivity contribution >= 4 is 12.6 Å². The van der Waals surface area contributed by atoms with Gasteiger partial charge in [0, 0.05) is 24.8 Å². The molecule has 0 radical (unpaired) electrons. The number of hydrogen-bond donors (Lipinski definition) is 2. The van der Waals surface area contributed by atoms with E-state index in [9.17, 15) is 0 Å². The second-order valence-corrected chi connectivity index (χ2v) is 2.35. The minimum Gasteiger partial charge on any atom is -0.451 e. The predicted octanol–water partition coefficient (Wildman–Crippen LogP) is -1.26. The van der Waals surface area contributed by atoms with Gasteiger partial charge in [-0.1, -0.05) is 6.07 Å². The van der Waals surface area contributed by atoms with Gasteiger partial charge in [0.2, 0.25) is 5.88 Å². The molecule has 5 nitrogen and oxygen atoms in total. The summed E-state index contributed by atoms with van der Waals surface area (Å²) in [4.78, 5) is 3.82. The summed E-state index contributed by atoms with van der Waals surface area (Å²) in [7, 11) is 0.00948. The second kappa shape index (κ2) is 4.81. The highest BCUT2D eigenvalue weighted by molar-refractivity contribution is 6.58. The lowest BCUT2D eigenvalue weighted by molar-refractivity contribution is 0.0478. The topological polar surface area (TPSA) is 71.8 Å². The maximum atomic E-state index is 8.74. The quantitative estimate of drug-likeness (QED) is 0.450. The summed E-state index contributed by atoms with van der Waals surface area (Å²) in [5.74, 6) is 0.381. The number of ether oxygens (including phenoxy) is 2. The Kier molecular flexibility index (Phi) is 3.69. The molecule has 6 heteroatoms. The van der Waals surface area contributed by atoms with Gasteiger partial charge < -0.3 is 19.5 Å². The molecule has 13 heavy (non-hydrogen) atoms. The molecule has 0 fully saturated rings. The summed E-state index contributed by atoms with van der Waals surface area (Å²) in [6, 6.07) is 3.05. The largest absolute Gasteiger partial charge is 0.490 e. The zero-order valence-corrected chi connectivity index (χ0v) is 7.17. The van der Waals surface area contributed by atoms with E-state index in [4.69, 9.17) is 14.8 Å². The molecular formula is C7H10BNO4. The van der Waals surface area contributed by atoms with Gasteiger partial charge in [-0.15, -0.1) is 0 Å². The molecule has 1 aromatic heterocycles. The molecule has 0 amide bonds. The first-order valence-electron chi connectivity index (χ1n) is 3.68. The fourth-order valence-electron chi connectivity index (χ4n) is 0.749. The zero-order valence-electron chi connectivity index (χ0n) is 7.17. The standard InChI is InChI=1S/C7H10BNO4/c1-12-5-13-7-3-2-6(4-9-7)8(10)11/h2-4,10-11H,5H2,1H3. The Morgan fingerprint density at radius 1 is 1.46 bits per heavy atom. The lowest BCUT2D eigenvalue weighted by Crippen LogP contribution is -2.29. The zero-order chi connectivity index (χ0) is 9.68. The molecule has 0 saturated heterocycles. The van der Waals surface area contributed by atoms with E-state index in [2.05, 4.69) is 9.72 Å². The van der Waals surface area contributed by atoms with Crippen LogP contribution in [0.25, 0.3) is 0 Å². The molecule has 0 aromatic carbocycles. The van der Waals surface area contributed by atoms with Crippen LogP contribution in [0, 0.1) is 0 Å². The molecule has 0 atom stereocenters. The average molecular weight is 183 g/mol. The van der Waals surface area contributed by atoms with E-state index < -0.39 is 7.12 Å². The third kappa shape index (κ3) is 3.02. The lowest BCUT2D eigenvalue weighted by Gasteiger charge is -2.03. The molecule has 1 rings (SSSR count). The van der Waals surface area contributed by atoms with Crippen LogP contribution in [-0.2, 0) is 4.74 Å². The van der Waals surface area contributed by atoms with Crippen molar-refractivity contribution in [1.29, 1.82) is 0 Å². The van der Waals surface area contributed by atoms with Crippen LogP contribution < -0.4 is 10.2 Å². The van der Waals surface area contributed by atoms with Gasteiger partial charge in [-0.3, -0.25) is 0 Å². The number of pyridine rings is 1. The van der Waals surface area contributed by atoms with E-state index >= 15 is 0 Å². The molecule has 0 aliphatic carbocycles. The van der Waals surface area contributed by atoms with Crippen molar-refractivity contribution in [2.24, 2.45) is 0 Å². The lowest BCUT2D eigenvalue weighted by atomic mass is 9.82. The summed E-state index contributed by atoms with van der Waals surface area (Å²) in [6.07, 6.45) is 1.33. The summed E-state index contributed by atoms with van der Waals surface area (Å²) in [5, 5.41) is 17.5. The van der Waals surface area contributed by atoms with Crippen molar-refractivity contribution in [2.75, 3.05) is 13.9 Å². The molecule has 1 heterocycles. The van der Waals surface area contributed by atoms with Crippen LogP contribution in [-0.4, -0.2) is 36.1 Å². The maximum absolute atomic E-state index is 8.74. The highest BCUT2D eigenvalue weighted by Crippen LogP contribution is 2.01.